The molecule has 67 heavy (non-hydrogen) atoms. The van der Waals surface area contributed by atoms with Crippen molar-refractivity contribution < 1.29 is 37.3 Å². The summed E-state index contributed by atoms with van der Waals surface area (Å²) in [6, 6.07) is -0.896. The molecule has 0 aromatic rings. The number of carbonyl (C=O) groups is 2. The Morgan fingerprint density at radius 2 is 0.955 bits per heavy atom. The average Bonchev–Trinajstić information content (AvgIpc) is 3.28. The topological polar surface area (TPSA) is 114 Å². The molecule has 0 aliphatic rings. The Bertz CT molecular complexity index is 1290. The van der Waals surface area contributed by atoms with Crippen LogP contribution in [0.25, 0.3) is 0 Å². The van der Waals surface area contributed by atoms with E-state index in [0.717, 1.165) is 89.9 Å². The molecule has 10 heteroatoms. The molecular formula is C57H107N2O7P. The summed E-state index contributed by atoms with van der Waals surface area (Å²) in [5.41, 5.74) is 0. The number of hydrogen-bond donors (Lipinski definition) is 1. The lowest BCUT2D eigenvalue weighted by Crippen LogP contribution is -2.47. The zero-order valence-electron chi connectivity index (χ0n) is 44.6. The fourth-order valence-electron chi connectivity index (χ4n) is 7.91. The van der Waals surface area contributed by atoms with Gasteiger partial charge in [0.1, 0.15) is 19.3 Å². The van der Waals surface area contributed by atoms with Crippen molar-refractivity contribution in [3.63, 3.8) is 0 Å². The predicted octanol–water partition coefficient (Wildman–Crippen LogP) is 15.9. The minimum Gasteiger partial charge on any atom is -0.756 e. The molecular weight excluding hydrogens is 856 g/mol. The first-order valence-corrected chi connectivity index (χ1v) is 29.4. The number of amides is 1. The van der Waals surface area contributed by atoms with Crippen LogP contribution in [0.4, 0.5) is 0 Å². The van der Waals surface area contributed by atoms with Crippen molar-refractivity contribution in [3.05, 3.63) is 48.6 Å². The zero-order chi connectivity index (χ0) is 49.4. The van der Waals surface area contributed by atoms with E-state index < -0.39 is 26.6 Å². The highest BCUT2D eigenvalue weighted by atomic mass is 31.2. The third-order valence-corrected chi connectivity index (χ3v) is 13.2. The van der Waals surface area contributed by atoms with Gasteiger partial charge in [-0.05, 0) is 83.1 Å². The molecule has 1 N–H and O–H groups in total. The van der Waals surface area contributed by atoms with Gasteiger partial charge in [-0.25, -0.2) is 0 Å². The Kier molecular flexibility index (Phi) is 46.2. The SMILES string of the molecule is CC/C=C/C/C=C/CCCCCCCCCC(=O)NC(COP(=O)([O-])OCC[N+](C)(C)C)C(/C=C/CCCCCCCCCCCCC)OC(=O)CCCCC/C=C\CCCCCCCCC. The van der Waals surface area contributed by atoms with Crippen molar-refractivity contribution in [1.82, 2.24) is 5.32 Å². The van der Waals surface area contributed by atoms with Crippen LogP contribution in [-0.2, 0) is 27.9 Å². The molecule has 0 rings (SSSR count). The van der Waals surface area contributed by atoms with Crippen molar-refractivity contribution in [3.8, 4) is 0 Å². The molecule has 0 aromatic heterocycles. The number of phosphoric ester groups is 1. The zero-order valence-corrected chi connectivity index (χ0v) is 45.5. The molecule has 0 radical (unpaired) electrons. The Morgan fingerprint density at radius 1 is 0.537 bits per heavy atom. The van der Waals surface area contributed by atoms with Gasteiger partial charge in [-0.1, -0.05) is 205 Å². The monoisotopic (exact) mass is 963 g/mol. The van der Waals surface area contributed by atoms with Crippen LogP contribution in [0.1, 0.15) is 252 Å². The predicted molar refractivity (Wildman–Crippen MR) is 284 cm³/mol. The molecule has 0 spiro atoms. The van der Waals surface area contributed by atoms with Gasteiger partial charge in [0.05, 0.1) is 33.8 Å². The lowest BCUT2D eigenvalue weighted by molar-refractivity contribution is -0.870. The summed E-state index contributed by atoms with van der Waals surface area (Å²) >= 11 is 0. The number of allylic oxidation sites excluding steroid dienone is 7. The van der Waals surface area contributed by atoms with E-state index in [2.05, 4.69) is 62.5 Å². The molecule has 0 aliphatic carbocycles. The number of rotatable bonds is 50. The van der Waals surface area contributed by atoms with E-state index in [1.165, 1.54) is 122 Å². The molecule has 3 atom stereocenters. The standard InChI is InChI=1S/C57H107N2O7P/c1-7-10-13-16-19-22-25-28-31-34-37-40-43-46-49-56(60)58-54(53-65-67(62,63)64-52-51-59(4,5)6)55(48-45-42-39-36-33-30-27-24-21-18-15-12-9-3)66-57(61)50-47-44-41-38-35-32-29-26-23-20-17-14-11-8-2/h10,13,19,22,32,35,45,48,54-55H,7-9,11-12,14-18,20-21,23-31,33-34,36-44,46-47,49-53H2,1-6H3,(H-,58,60,62,63)/b13-10+,22-19+,35-32-,48-45+. The van der Waals surface area contributed by atoms with Crippen LogP contribution < -0.4 is 10.2 Å². The molecule has 0 aromatic carbocycles. The molecule has 0 heterocycles. The van der Waals surface area contributed by atoms with Crippen LogP contribution in [0.5, 0.6) is 0 Å². The number of ether oxygens (including phenoxy) is 1. The van der Waals surface area contributed by atoms with Crippen molar-refractivity contribution in [1.29, 1.82) is 0 Å². The first-order chi connectivity index (χ1) is 32.4. The summed E-state index contributed by atoms with van der Waals surface area (Å²) in [7, 11) is 1.17. The van der Waals surface area contributed by atoms with Gasteiger partial charge >= 0.3 is 5.97 Å². The van der Waals surface area contributed by atoms with Gasteiger partial charge in [0.15, 0.2) is 0 Å². The highest BCUT2D eigenvalue weighted by Crippen LogP contribution is 2.38. The summed E-state index contributed by atoms with van der Waals surface area (Å²) in [6.07, 6.45) is 56.4. The molecule has 1 amide bonds. The van der Waals surface area contributed by atoms with Crippen molar-refractivity contribution in [2.75, 3.05) is 40.9 Å². The van der Waals surface area contributed by atoms with E-state index in [1.54, 1.807) is 0 Å². The Hall–Kier alpha value is -2.03. The smallest absolute Gasteiger partial charge is 0.306 e. The summed E-state index contributed by atoms with van der Waals surface area (Å²) in [5, 5.41) is 3.01. The molecule has 0 fully saturated rings. The molecule has 0 aliphatic heterocycles. The maximum absolute atomic E-state index is 13.4. The van der Waals surface area contributed by atoms with E-state index in [0.29, 0.717) is 23.9 Å². The van der Waals surface area contributed by atoms with Crippen LogP contribution in [0.15, 0.2) is 48.6 Å². The van der Waals surface area contributed by atoms with Gasteiger partial charge in [-0.15, -0.1) is 0 Å². The number of nitrogens with zero attached hydrogens (tertiary/aromatic N) is 1. The summed E-state index contributed by atoms with van der Waals surface area (Å²) in [5.74, 6) is -0.566. The van der Waals surface area contributed by atoms with Gasteiger partial charge < -0.3 is 28.5 Å². The second-order valence-electron chi connectivity index (χ2n) is 20.1. The first-order valence-electron chi connectivity index (χ1n) is 27.9. The maximum atomic E-state index is 13.4. The molecule has 3 unspecified atom stereocenters. The van der Waals surface area contributed by atoms with E-state index in [9.17, 15) is 19.0 Å². The number of unbranched alkanes of at least 4 members (excludes halogenated alkanes) is 28. The van der Waals surface area contributed by atoms with Crippen molar-refractivity contribution in [2.24, 2.45) is 0 Å². The average molecular weight is 963 g/mol. The third-order valence-electron chi connectivity index (χ3n) is 12.2. The minimum atomic E-state index is -4.70. The fourth-order valence-corrected chi connectivity index (χ4v) is 8.63. The van der Waals surface area contributed by atoms with E-state index in [4.69, 9.17) is 13.8 Å². The second kappa shape index (κ2) is 47.6. The second-order valence-corrected chi connectivity index (χ2v) is 21.5. The molecule has 9 nitrogen and oxygen atoms in total. The Balaban J connectivity index is 5.43. The molecule has 0 saturated carbocycles. The van der Waals surface area contributed by atoms with E-state index in [1.807, 2.05) is 33.3 Å². The number of phosphoric acid groups is 1. The Labute approximate surface area is 414 Å². The van der Waals surface area contributed by atoms with E-state index in [-0.39, 0.29) is 24.9 Å². The third kappa shape index (κ3) is 48.8. The van der Waals surface area contributed by atoms with Crippen LogP contribution >= 0.6 is 7.82 Å². The van der Waals surface area contributed by atoms with Gasteiger partial charge in [-0.2, -0.15) is 0 Å². The van der Waals surface area contributed by atoms with Crippen molar-refractivity contribution >= 4 is 19.7 Å². The number of esters is 1. The van der Waals surface area contributed by atoms with Gasteiger partial charge in [0.2, 0.25) is 5.91 Å². The highest BCUT2D eigenvalue weighted by molar-refractivity contribution is 7.45. The first kappa shape index (κ1) is 65.0. The molecule has 0 saturated heterocycles. The fraction of sp³-hybridized carbons (Fsp3) is 0.825. The normalized spacial score (nSPS) is 14.2. The van der Waals surface area contributed by atoms with Crippen LogP contribution in [0.3, 0.4) is 0 Å². The van der Waals surface area contributed by atoms with Crippen molar-refractivity contribution in [2.45, 2.75) is 264 Å². The van der Waals surface area contributed by atoms with Crippen LogP contribution in [0, 0.1) is 0 Å². The Morgan fingerprint density at radius 3 is 1.45 bits per heavy atom. The van der Waals surface area contributed by atoms with Gasteiger partial charge in [-0.3, -0.25) is 14.2 Å². The number of carbonyl (C=O) groups excluding carboxylic acids is 2. The quantitative estimate of drug-likeness (QED) is 0.0212. The maximum Gasteiger partial charge on any atom is 0.306 e. The highest BCUT2D eigenvalue weighted by Gasteiger charge is 2.27. The number of hydrogen-bond acceptors (Lipinski definition) is 7. The lowest BCUT2D eigenvalue weighted by atomic mass is 10.0. The molecule has 392 valence electrons. The summed E-state index contributed by atoms with van der Waals surface area (Å²) < 4.78 is 30.2. The van der Waals surface area contributed by atoms with Gasteiger partial charge in [0, 0.05) is 12.8 Å². The van der Waals surface area contributed by atoms with Crippen LogP contribution in [-0.4, -0.2) is 69.4 Å². The molecule has 0 bridgehead atoms. The minimum absolute atomic E-state index is 0.0262. The summed E-state index contributed by atoms with van der Waals surface area (Å²) in [6.45, 7) is 6.72. The van der Waals surface area contributed by atoms with Crippen LogP contribution in [0.2, 0.25) is 0 Å². The number of likely N-dealkylation sites (N-methyl/N-ethyl adjacent to an activating group) is 1. The largest absolute Gasteiger partial charge is 0.756 e. The van der Waals surface area contributed by atoms with Gasteiger partial charge in [0.25, 0.3) is 7.82 Å². The lowest BCUT2D eigenvalue weighted by Gasteiger charge is -2.30. The number of nitrogens with one attached hydrogen (secondary N) is 1. The number of quaternary nitrogens is 1. The summed E-state index contributed by atoms with van der Waals surface area (Å²) in [4.78, 5) is 39.8. The van der Waals surface area contributed by atoms with E-state index >= 15 is 0 Å².